The van der Waals surface area contributed by atoms with Crippen LogP contribution in [0.5, 0.6) is 0 Å². The number of piperazine rings is 1. The summed E-state index contributed by atoms with van der Waals surface area (Å²) in [5.74, 6) is 0.277. The fourth-order valence-electron chi connectivity index (χ4n) is 1.85. The van der Waals surface area contributed by atoms with Crippen molar-refractivity contribution in [2.45, 2.75) is 19.4 Å². The average Bonchev–Trinajstić information content (AvgIpc) is 2.20. The second-order valence-electron chi connectivity index (χ2n) is 3.89. The number of hydrogen-bond acceptors (Lipinski definition) is 3. The molecule has 4 heteroatoms. The number of amides is 1. The predicted molar refractivity (Wildman–Crippen MR) is 57.2 cm³/mol. The summed E-state index contributed by atoms with van der Waals surface area (Å²) in [6, 6.07) is 0.462. The summed E-state index contributed by atoms with van der Waals surface area (Å²) in [7, 11) is 4.07. The molecule has 1 N–H and O–H groups in total. The molecule has 1 aliphatic heterocycles. The van der Waals surface area contributed by atoms with Crippen molar-refractivity contribution >= 4 is 5.91 Å². The summed E-state index contributed by atoms with van der Waals surface area (Å²) in [5, 5.41) is 3.17. The van der Waals surface area contributed by atoms with E-state index in [1.165, 1.54) is 0 Å². The number of nitrogens with zero attached hydrogens (tertiary/aromatic N) is 2. The van der Waals surface area contributed by atoms with Crippen LogP contribution in [0.4, 0.5) is 0 Å². The molecule has 14 heavy (non-hydrogen) atoms. The van der Waals surface area contributed by atoms with Crippen LogP contribution in [0.15, 0.2) is 0 Å². The molecule has 1 amide bonds. The second kappa shape index (κ2) is 5.32. The van der Waals surface area contributed by atoms with Crippen molar-refractivity contribution in [3.05, 3.63) is 0 Å². The normalized spacial score (nSPS) is 23.9. The lowest BCUT2D eigenvalue weighted by atomic mass is 10.1. The zero-order valence-electron chi connectivity index (χ0n) is 9.42. The molecule has 0 aromatic heterocycles. The van der Waals surface area contributed by atoms with E-state index in [0.29, 0.717) is 12.5 Å². The van der Waals surface area contributed by atoms with Crippen LogP contribution in [-0.4, -0.2) is 62.0 Å². The van der Waals surface area contributed by atoms with Crippen molar-refractivity contribution in [3.8, 4) is 0 Å². The van der Waals surface area contributed by atoms with Crippen LogP contribution in [0.2, 0.25) is 0 Å². The van der Waals surface area contributed by atoms with Crippen molar-refractivity contribution in [3.63, 3.8) is 0 Å². The number of rotatable bonds is 3. The molecule has 0 aromatic rings. The smallest absolute Gasteiger partial charge is 0.222 e. The molecule has 0 saturated carbocycles. The van der Waals surface area contributed by atoms with Gasteiger partial charge in [-0.1, -0.05) is 6.92 Å². The van der Waals surface area contributed by atoms with E-state index in [1.807, 2.05) is 18.9 Å². The number of likely N-dealkylation sites (N-methyl/N-ethyl adjacent to an activating group) is 2. The van der Waals surface area contributed by atoms with Gasteiger partial charge in [0.25, 0.3) is 0 Å². The minimum Gasteiger partial charge on any atom is -0.340 e. The lowest BCUT2D eigenvalue weighted by Gasteiger charge is -2.39. The molecule has 0 radical (unpaired) electrons. The van der Waals surface area contributed by atoms with Crippen LogP contribution in [-0.2, 0) is 4.79 Å². The van der Waals surface area contributed by atoms with Crippen molar-refractivity contribution in [2.24, 2.45) is 0 Å². The fraction of sp³-hybridized carbons (Fsp3) is 0.900. The van der Waals surface area contributed by atoms with E-state index in [2.05, 4.69) is 17.3 Å². The standard InChI is InChI=1S/C10H21N3O/c1-4-10(14)13-6-5-12(3)9(8-13)7-11-2/h9,11H,4-8H2,1-3H3. The number of carbonyl (C=O) groups excluding carboxylic acids is 1. The Balaban J connectivity index is 2.48. The molecule has 1 rings (SSSR count). The summed E-state index contributed by atoms with van der Waals surface area (Å²) < 4.78 is 0. The molecule has 1 heterocycles. The third kappa shape index (κ3) is 2.69. The maximum atomic E-state index is 11.5. The first-order valence-electron chi connectivity index (χ1n) is 5.31. The largest absolute Gasteiger partial charge is 0.340 e. The first-order valence-corrected chi connectivity index (χ1v) is 5.31. The highest BCUT2D eigenvalue weighted by atomic mass is 16.2. The van der Waals surface area contributed by atoms with E-state index in [9.17, 15) is 4.79 Å². The first kappa shape index (κ1) is 11.5. The molecule has 0 aliphatic carbocycles. The monoisotopic (exact) mass is 199 g/mol. The lowest BCUT2D eigenvalue weighted by Crippen LogP contribution is -2.56. The van der Waals surface area contributed by atoms with E-state index in [0.717, 1.165) is 26.2 Å². The quantitative estimate of drug-likeness (QED) is 0.681. The molecule has 1 atom stereocenters. The van der Waals surface area contributed by atoms with Gasteiger partial charge in [-0.25, -0.2) is 0 Å². The molecule has 82 valence electrons. The van der Waals surface area contributed by atoms with Crippen molar-refractivity contribution in [1.29, 1.82) is 0 Å². The highest BCUT2D eigenvalue weighted by molar-refractivity contribution is 5.75. The number of nitrogens with one attached hydrogen (secondary N) is 1. The lowest BCUT2D eigenvalue weighted by molar-refractivity contribution is -0.133. The SMILES string of the molecule is CCC(=O)N1CCN(C)C(CNC)C1. The van der Waals surface area contributed by atoms with Crippen molar-refractivity contribution in [2.75, 3.05) is 40.3 Å². The Morgan fingerprint density at radius 3 is 2.79 bits per heavy atom. The van der Waals surface area contributed by atoms with Crippen LogP contribution in [0.1, 0.15) is 13.3 Å². The van der Waals surface area contributed by atoms with Crippen LogP contribution < -0.4 is 5.32 Å². The third-order valence-corrected chi connectivity index (χ3v) is 2.87. The Morgan fingerprint density at radius 2 is 2.21 bits per heavy atom. The first-order chi connectivity index (χ1) is 6.69. The highest BCUT2D eigenvalue weighted by Gasteiger charge is 2.25. The van der Waals surface area contributed by atoms with E-state index < -0.39 is 0 Å². The van der Waals surface area contributed by atoms with Gasteiger partial charge in [-0.15, -0.1) is 0 Å². The Hall–Kier alpha value is -0.610. The predicted octanol–water partition coefficient (Wildman–Crippen LogP) is -0.242. The molecular formula is C10H21N3O. The van der Waals surface area contributed by atoms with Gasteiger partial charge in [0, 0.05) is 38.6 Å². The fourth-order valence-corrected chi connectivity index (χ4v) is 1.85. The van der Waals surface area contributed by atoms with Gasteiger partial charge in [0.05, 0.1) is 0 Å². The highest BCUT2D eigenvalue weighted by Crippen LogP contribution is 2.08. The van der Waals surface area contributed by atoms with Gasteiger partial charge in [0.2, 0.25) is 5.91 Å². The van der Waals surface area contributed by atoms with E-state index in [1.54, 1.807) is 0 Å². The molecule has 1 fully saturated rings. The maximum Gasteiger partial charge on any atom is 0.222 e. The van der Waals surface area contributed by atoms with Crippen LogP contribution >= 0.6 is 0 Å². The Bertz CT molecular complexity index is 196. The van der Waals surface area contributed by atoms with Gasteiger partial charge >= 0.3 is 0 Å². The minimum atomic E-state index is 0.277. The molecule has 0 aromatic carbocycles. The van der Waals surface area contributed by atoms with Gasteiger partial charge in [-0.05, 0) is 14.1 Å². The molecule has 1 aliphatic rings. The van der Waals surface area contributed by atoms with E-state index in [-0.39, 0.29) is 5.91 Å². The second-order valence-corrected chi connectivity index (χ2v) is 3.89. The van der Waals surface area contributed by atoms with Crippen molar-refractivity contribution < 1.29 is 4.79 Å². The van der Waals surface area contributed by atoms with Gasteiger partial charge in [-0.3, -0.25) is 9.69 Å². The summed E-state index contributed by atoms with van der Waals surface area (Å²) >= 11 is 0. The molecule has 1 unspecified atom stereocenters. The zero-order chi connectivity index (χ0) is 10.6. The summed E-state index contributed by atoms with van der Waals surface area (Å²) in [6.07, 6.45) is 0.621. The van der Waals surface area contributed by atoms with Gasteiger partial charge in [0.15, 0.2) is 0 Å². The molecule has 0 bridgehead atoms. The summed E-state index contributed by atoms with van der Waals surface area (Å²) in [6.45, 7) is 5.60. The van der Waals surface area contributed by atoms with Crippen molar-refractivity contribution in [1.82, 2.24) is 15.1 Å². The third-order valence-electron chi connectivity index (χ3n) is 2.87. The van der Waals surface area contributed by atoms with E-state index in [4.69, 9.17) is 0 Å². The number of hydrogen-bond donors (Lipinski definition) is 1. The molecule has 0 spiro atoms. The Labute approximate surface area is 86.2 Å². The topological polar surface area (TPSA) is 35.6 Å². The number of carbonyl (C=O) groups is 1. The van der Waals surface area contributed by atoms with E-state index >= 15 is 0 Å². The molecule has 4 nitrogen and oxygen atoms in total. The van der Waals surface area contributed by atoms with Gasteiger partial charge in [0.1, 0.15) is 0 Å². The van der Waals surface area contributed by atoms with Crippen LogP contribution in [0, 0.1) is 0 Å². The summed E-state index contributed by atoms with van der Waals surface area (Å²) in [5.41, 5.74) is 0. The van der Waals surface area contributed by atoms with Crippen LogP contribution in [0.3, 0.4) is 0 Å². The van der Waals surface area contributed by atoms with Crippen LogP contribution in [0.25, 0.3) is 0 Å². The minimum absolute atomic E-state index is 0.277. The Kier molecular flexibility index (Phi) is 4.35. The average molecular weight is 199 g/mol. The summed E-state index contributed by atoms with van der Waals surface area (Å²) in [4.78, 5) is 15.8. The molecular weight excluding hydrogens is 178 g/mol. The molecule has 1 saturated heterocycles. The maximum absolute atomic E-state index is 11.5. The van der Waals surface area contributed by atoms with Gasteiger partial charge < -0.3 is 10.2 Å². The zero-order valence-corrected chi connectivity index (χ0v) is 9.42. The van der Waals surface area contributed by atoms with Gasteiger partial charge in [-0.2, -0.15) is 0 Å². The Morgan fingerprint density at radius 1 is 1.50 bits per heavy atom.